The molecule has 1 heterocycles. The maximum absolute atomic E-state index is 9.57. The molecule has 4 rings (SSSR count). The van der Waals surface area contributed by atoms with E-state index in [0.717, 1.165) is 31.6 Å². The molecule has 130 valence electrons. The topological polar surface area (TPSA) is 41.5 Å². The number of ether oxygens (including phenoxy) is 1. The zero-order valence-corrected chi connectivity index (χ0v) is 14.6. The van der Waals surface area contributed by atoms with Gasteiger partial charge in [0.05, 0.1) is 12.6 Å². The fraction of sp³-hybridized carbons (Fsp3) is 0.364. The molecule has 0 aromatic heterocycles. The first kappa shape index (κ1) is 16.1. The molecule has 0 saturated carbocycles. The molecule has 3 nitrogen and oxygen atoms in total. The highest BCUT2D eigenvalue weighted by Gasteiger charge is 2.37. The zero-order valence-electron chi connectivity index (χ0n) is 14.6. The Morgan fingerprint density at radius 2 is 2.00 bits per heavy atom. The van der Waals surface area contributed by atoms with Gasteiger partial charge in [-0.25, -0.2) is 0 Å². The number of allylic oxidation sites excluding steroid dienone is 2. The Morgan fingerprint density at radius 3 is 2.80 bits per heavy atom. The van der Waals surface area contributed by atoms with E-state index in [1.807, 2.05) is 12.1 Å². The highest BCUT2D eigenvalue weighted by molar-refractivity contribution is 5.61. The third-order valence-corrected chi connectivity index (χ3v) is 5.35. The number of anilines is 1. The minimum absolute atomic E-state index is 0.264. The minimum Gasteiger partial charge on any atom is -0.508 e. The molecule has 1 aliphatic heterocycles. The van der Waals surface area contributed by atoms with E-state index in [2.05, 4.69) is 42.6 Å². The van der Waals surface area contributed by atoms with Crippen molar-refractivity contribution in [3.63, 3.8) is 0 Å². The van der Waals surface area contributed by atoms with Gasteiger partial charge in [0, 0.05) is 11.6 Å². The van der Waals surface area contributed by atoms with Gasteiger partial charge in [-0.2, -0.15) is 0 Å². The summed E-state index contributed by atoms with van der Waals surface area (Å²) in [6.07, 6.45) is 7.94. The van der Waals surface area contributed by atoms with Crippen LogP contribution in [0.5, 0.6) is 11.5 Å². The zero-order chi connectivity index (χ0) is 17.2. The van der Waals surface area contributed by atoms with E-state index in [1.165, 1.54) is 16.8 Å². The Labute approximate surface area is 149 Å². The van der Waals surface area contributed by atoms with Crippen molar-refractivity contribution in [3.8, 4) is 11.5 Å². The van der Waals surface area contributed by atoms with Crippen molar-refractivity contribution in [2.75, 3.05) is 11.9 Å². The molecule has 2 aromatic rings. The van der Waals surface area contributed by atoms with Crippen molar-refractivity contribution < 1.29 is 9.84 Å². The van der Waals surface area contributed by atoms with E-state index in [1.54, 1.807) is 12.1 Å². The van der Waals surface area contributed by atoms with Gasteiger partial charge in [0.2, 0.25) is 0 Å². The molecule has 3 unspecified atom stereocenters. The minimum atomic E-state index is 0.264. The van der Waals surface area contributed by atoms with E-state index >= 15 is 0 Å². The van der Waals surface area contributed by atoms with E-state index < -0.39 is 0 Å². The molecule has 2 aliphatic rings. The summed E-state index contributed by atoms with van der Waals surface area (Å²) in [5.41, 5.74) is 3.75. The van der Waals surface area contributed by atoms with Gasteiger partial charge in [0.15, 0.2) is 0 Å². The molecule has 0 bridgehead atoms. The summed E-state index contributed by atoms with van der Waals surface area (Å²) in [7, 11) is 0. The number of phenols is 1. The number of phenolic OH excluding ortho intramolecular Hbond substituents is 1. The summed E-state index contributed by atoms with van der Waals surface area (Å²) in [6, 6.07) is 14.3. The van der Waals surface area contributed by atoms with Crippen molar-refractivity contribution in [1.82, 2.24) is 0 Å². The second kappa shape index (κ2) is 6.83. The van der Waals surface area contributed by atoms with Crippen molar-refractivity contribution in [1.29, 1.82) is 0 Å². The van der Waals surface area contributed by atoms with Gasteiger partial charge in [0.25, 0.3) is 0 Å². The molecule has 2 N–H and O–H groups in total. The number of rotatable bonds is 5. The third kappa shape index (κ3) is 3.11. The number of nitrogens with one attached hydrogen (secondary N) is 1. The number of unbranched alkanes of at least 4 members (excludes halogenated alkanes) is 1. The summed E-state index contributed by atoms with van der Waals surface area (Å²) in [5.74, 6) is 2.21. The fourth-order valence-corrected chi connectivity index (χ4v) is 4.01. The Balaban J connectivity index is 1.63. The normalized spacial score (nSPS) is 23.6. The summed E-state index contributed by atoms with van der Waals surface area (Å²) in [5, 5.41) is 13.3. The molecule has 0 spiro atoms. The first-order chi connectivity index (χ1) is 12.3. The smallest absolute Gasteiger partial charge is 0.119 e. The highest BCUT2D eigenvalue weighted by Crippen LogP contribution is 2.50. The van der Waals surface area contributed by atoms with E-state index in [9.17, 15) is 5.11 Å². The molecular weight excluding hydrogens is 310 g/mol. The SMILES string of the molecule is CCCCOc1ccc2c(c1)C1C=CCC1C(c1ccc(O)cc1)N2. The first-order valence-corrected chi connectivity index (χ1v) is 9.25. The average Bonchev–Trinajstić information content (AvgIpc) is 3.12. The second-order valence-corrected chi connectivity index (χ2v) is 7.02. The molecule has 0 fully saturated rings. The lowest BCUT2D eigenvalue weighted by atomic mass is 9.77. The van der Waals surface area contributed by atoms with E-state index in [0.29, 0.717) is 17.6 Å². The first-order valence-electron chi connectivity index (χ1n) is 9.25. The highest BCUT2D eigenvalue weighted by atomic mass is 16.5. The molecule has 1 aliphatic carbocycles. The molecule has 25 heavy (non-hydrogen) atoms. The number of hydrogen-bond acceptors (Lipinski definition) is 3. The standard InChI is InChI=1S/C22H25NO2/c1-2-3-13-25-17-11-12-21-20(14-17)18-5-4-6-19(18)22(23-21)15-7-9-16(24)10-8-15/h4-5,7-12,14,18-19,22-24H,2-3,6,13H2,1H3. The van der Waals surface area contributed by atoms with Gasteiger partial charge in [-0.3, -0.25) is 0 Å². The number of aromatic hydroxyl groups is 1. The summed E-state index contributed by atoms with van der Waals surface area (Å²) < 4.78 is 5.91. The fourth-order valence-electron chi connectivity index (χ4n) is 4.01. The predicted molar refractivity (Wildman–Crippen MR) is 101 cm³/mol. The van der Waals surface area contributed by atoms with Gasteiger partial charge in [0.1, 0.15) is 11.5 Å². The number of benzene rings is 2. The van der Waals surface area contributed by atoms with E-state index in [-0.39, 0.29) is 6.04 Å². The Bertz CT molecular complexity index is 766. The van der Waals surface area contributed by atoms with Crippen LogP contribution in [-0.2, 0) is 0 Å². The van der Waals surface area contributed by atoms with Gasteiger partial charge in [-0.1, -0.05) is 37.6 Å². The van der Waals surface area contributed by atoms with Crippen molar-refractivity contribution in [2.24, 2.45) is 5.92 Å². The lowest BCUT2D eigenvalue weighted by molar-refractivity contribution is 0.308. The van der Waals surface area contributed by atoms with Crippen molar-refractivity contribution in [2.45, 2.75) is 38.1 Å². The van der Waals surface area contributed by atoms with Crippen LogP contribution < -0.4 is 10.1 Å². The summed E-state index contributed by atoms with van der Waals surface area (Å²) >= 11 is 0. The largest absolute Gasteiger partial charge is 0.508 e. The van der Waals surface area contributed by atoms with Gasteiger partial charge in [-0.05, 0) is 60.2 Å². The molecule has 3 atom stereocenters. The lowest BCUT2D eigenvalue weighted by Crippen LogP contribution is -2.29. The van der Waals surface area contributed by atoms with Crippen LogP contribution in [0.3, 0.4) is 0 Å². The van der Waals surface area contributed by atoms with Crippen LogP contribution in [0.25, 0.3) is 0 Å². The number of fused-ring (bicyclic) bond motifs is 3. The average molecular weight is 335 g/mol. The van der Waals surface area contributed by atoms with Gasteiger partial charge in [-0.15, -0.1) is 0 Å². The van der Waals surface area contributed by atoms with Crippen LogP contribution in [0.4, 0.5) is 5.69 Å². The van der Waals surface area contributed by atoms with Crippen LogP contribution in [0, 0.1) is 5.92 Å². The maximum atomic E-state index is 9.57. The lowest BCUT2D eigenvalue weighted by Gasteiger charge is -2.37. The maximum Gasteiger partial charge on any atom is 0.119 e. The number of hydrogen-bond donors (Lipinski definition) is 2. The van der Waals surface area contributed by atoms with Crippen molar-refractivity contribution in [3.05, 3.63) is 65.7 Å². The Hall–Kier alpha value is -2.42. The molecule has 2 aromatic carbocycles. The molecule has 3 heteroatoms. The van der Waals surface area contributed by atoms with Gasteiger partial charge < -0.3 is 15.2 Å². The van der Waals surface area contributed by atoms with Gasteiger partial charge >= 0.3 is 0 Å². The molecule has 0 saturated heterocycles. The van der Waals surface area contributed by atoms with Crippen molar-refractivity contribution >= 4 is 5.69 Å². The molecular formula is C22H25NO2. The van der Waals surface area contributed by atoms with Crippen LogP contribution >= 0.6 is 0 Å². The summed E-state index contributed by atoms with van der Waals surface area (Å²) in [4.78, 5) is 0. The Morgan fingerprint density at radius 1 is 1.16 bits per heavy atom. The summed E-state index contributed by atoms with van der Waals surface area (Å²) in [6.45, 7) is 2.96. The monoisotopic (exact) mass is 335 g/mol. The second-order valence-electron chi connectivity index (χ2n) is 7.02. The quantitative estimate of drug-likeness (QED) is 0.568. The van der Waals surface area contributed by atoms with Crippen LogP contribution in [0.15, 0.2) is 54.6 Å². The molecule has 0 radical (unpaired) electrons. The van der Waals surface area contributed by atoms with E-state index in [4.69, 9.17) is 4.74 Å². The van der Waals surface area contributed by atoms with Crippen LogP contribution in [0.1, 0.15) is 49.3 Å². The van der Waals surface area contributed by atoms with Crippen LogP contribution in [-0.4, -0.2) is 11.7 Å². The predicted octanol–water partition coefficient (Wildman–Crippen LogP) is 5.40. The molecule has 0 amide bonds. The van der Waals surface area contributed by atoms with Crippen LogP contribution in [0.2, 0.25) is 0 Å². The third-order valence-electron chi connectivity index (χ3n) is 5.35. The Kier molecular flexibility index (Phi) is 4.39.